The molecule has 0 aliphatic carbocycles. The van der Waals surface area contributed by atoms with Crippen LogP contribution in [0.5, 0.6) is 11.5 Å². The van der Waals surface area contributed by atoms with Gasteiger partial charge in [0.15, 0.2) is 11.5 Å². The van der Waals surface area contributed by atoms with Crippen LogP contribution in [-0.4, -0.2) is 49.6 Å². The molecule has 3 rings (SSSR count). The maximum Gasteiger partial charge on any atom is 0.251 e. The first-order valence-electron chi connectivity index (χ1n) is 9.68. The third-order valence-electron chi connectivity index (χ3n) is 4.59. The zero-order valence-electron chi connectivity index (χ0n) is 16.5. The van der Waals surface area contributed by atoms with Gasteiger partial charge >= 0.3 is 0 Å². The average molecular weight is 415 g/mol. The van der Waals surface area contributed by atoms with Crippen LogP contribution in [0.3, 0.4) is 0 Å². The SMILES string of the molecule is CSCC[C@H](NC(=O)c1ccccc1)C(=O)NCCc1ccc2c(c1)OCCO2. The van der Waals surface area contributed by atoms with Gasteiger partial charge in [0.1, 0.15) is 19.3 Å². The highest BCUT2D eigenvalue weighted by molar-refractivity contribution is 7.98. The highest BCUT2D eigenvalue weighted by Crippen LogP contribution is 2.30. The molecule has 0 saturated carbocycles. The molecular formula is C22H26N2O4S. The molecule has 2 aromatic carbocycles. The molecule has 29 heavy (non-hydrogen) atoms. The van der Waals surface area contributed by atoms with Gasteiger partial charge in [-0.3, -0.25) is 9.59 Å². The van der Waals surface area contributed by atoms with Crippen LogP contribution in [0.4, 0.5) is 0 Å². The number of ether oxygens (including phenoxy) is 2. The Hall–Kier alpha value is -2.67. The lowest BCUT2D eigenvalue weighted by atomic mass is 10.1. The molecule has 1 atom stereocenters. The van der Waals surface area contributed by atoms with Crippen molar-refractivity contribution in [3.05, 3.63) is 59.7 Å². The van der Waals surface area contributed by atoms with Crippen molar-refractivity contribution < 1.29 is 19.1 Å². The maximum atomic E-state index is 12.7. The maximum absolute atomic E-state index is 12.7. The van der Waals surface area contributed by atoms with Crippen LogP contribution in [0.15, 0.2) is 48.5 Å². The Morgan fingerprint density at radius 3 is 2.59 bits per heavy atom. The Morgan fingerprint density at radius 2 is 1.83 bits per heavy atom. The van der Waals surface area contributed by atoms with Crippen molar-refractivity contribution in [1.29, 1.82) is 0 Å². The molecule has 7 heteroatoms. The molecular weight excluding hydrogens is 388 g/mol. The molecule has 0 aromatic heterocycles. The average Bonchev–Trinajstić information content (AvgIpc) is 2.77. The zero-order chi connectivity index (χ0) is 20.5. The summed E-state index contributed by atoms with van der Waals surface area (Å²) in [5, 5.41) is 5.80. The molecule has 2 aromatic rings. The van der Waals surface area contributed by atoms with Gasteiger partial charge in [-0.25, -0.2) is 0 Å². The quantitative estimate of drug-likeness (QED) is 0.660. The summed E-state index contributed by atoms with van der Waals surface area (Å²) in [6.07, 6.45) is 3.23. The highest BCUT2D eigenvalue weighted by Gasteiger charge is 2.21. The van der Waals surface area contributed by atoms with E-state index in [-0.39, 0.29) is 11.8 Å². The summed E-state index contributed by atoms with van der Waals surface area (Å²) in [5.41, 5.74) is 1.61. The van der Waals surface area contributed by atoms with E-state index in [4.69, 9.17) is 9.47 Å². The largest absolute Gasteiger partial charge is 0.486 e. The highest BCUT2D eigenvalue weighted by atomic mass is 32.2. The zero-order valence-corrected chi connectivity index (χ0v) is 17.3. The number of fused-ring (bicyclic) bond motifs is 1. The molecule has 0 saturated heterocycles. The fourth-order valence-electron chi connectivity index (χ4n) is 3.03. The number of thioether (sulfide) groups is 1. The van der Waals surface area contributed by atoms with Gasteiger partial charge in [-0.2, -0.15) is 11.8 Å². The van der Waals surface area contributed by atoms with Gasteiger partial charge < -0.3 is 20.1 Å². The molecule has 154 valence electrons. The van der Waals surface area contributed by atoms with Crippen LogP contribution in [0.25, 0.3) is 0 Å². The second-order valence-electron chi connectivity index (χ2n) is 6.69. The van der Waals surface area contributed by atoms with Crippen molar-refractivity contribution in [1.82, 2.24) is 10.6 Å². The first kappa shape index (κ1) is 21.0. The third kappa shape index (κ3) is 6.15. The van der Waals surface area contributed by atoms with E-state index in [9.17, 15) is 9.59 Å². The summed E-state index contributed by atoms with van der Waals surface area (Å²) in [4.78, 5) is 25.1. The van der Waals surface area contributed by atoms with E-state index in [2.05, 4.69) is 10.6 Å². The number of benzene rings is 2. The standard InChI is InChI=1S/C22H26N2O4S/c1-29-14-10-18(24-21(25)17-5-3-2-4-6-17)22(26)23-11-9-16-7-8-19-20(15-16)28-13-12-27-19/h2-8,15,18H,9-14H2,1H3,(H,23,26)(H,24,25)/t18-/m0/s1. The second-order valence-corrected chi connectivity index (χ2v) is 7.68. The van der Waals surface area contributed by atoms with E-state index in [1.54, 1.807) is 36.0 Å². The molecule has 0 spiro atoms. The molecule has 6 nitrogen and oxygen atoms in total. The number of amides is 2. The van der Waals surface area contributed by atoms with Gasteiger partial charge in [0.05, 0.1) is 0 Å². The minimum absolute atomic E-state index is 0.166. The minimum Gasteiger partial charge on any atom is -0.486 e. The smallest absolute Gasteiger partial charge is 0.251 e. The molecule has 0 fully saturated rings. The molecule has 2 N–H and O–H groups in total. The molecule has 1 aliphatic heterocycles. The Kier molecular flexibility index (Phi) is 7.81. The molecule has 0 unspecified atom stereocenters. The lowest BCUT2D eigenvalue weighted by Crippen LogP contribution is -2.47. The van der Waals surface area contributed by atoms with E-state index in [1.165, 1.54) is 0 Å². The molecule has 0 radical (unpaired) electrons. The first-order chi connectivity index (χ1) is 14.2. The van der Waals surface area contributed by atoms with Crippen molar-refractivity contribution in [2.24, 2.45) is 0 Å². The van der Waals surface area contributed by atoms with Gasteiger partial charge in [-0.15, -0.1) is 0 Å². The number of hydrogen-bond acceptors (Lipinski definition) is 5. The molecule has 2 amide bonds. The summed E-state index contributed by atoms with van der Waals surface area (Å²) >= 11 is 1.65. The number of hydrogen-bond donors (Lipinski definition) is 2. The minimum atomic E-state index is -0.560. The molecule has 0 bridgehead atoms. The van der Waals surface area contributed by atoms with E-state index in [1.807, 2.05) is 30.5 Å². The van der Waals surface area contributed by atoms with Gasteiger partial charge in [0, 0.05) is 12.1 Å². The van der Waals surface area contributed by atoms with Gasteiger partial charge in [-0.1, -0.05) is 24.3 Å². The molecule has 1 heterocycles. The van der Waals surface area contributed by atoms with Gasteiger partial charge in [0.25, 0.3) is 5.91 Å². The van der Waals surface area contributed by atoms with E-state index in [0.717, 1.165) is 22.8 Å². The van der Waals surface area contributed by atoms with E-state index >= 15 is 0 Å². The Balaban J connectivity index is 1.53. The topological polar surface area (TPSA) is 76.7 Å². The van der Waals surface area contributed by atoms with Crippen LogP contribution < -0.4 is 20.1 Å². The molecule has 1 aliphatic rings. The van der Waals surface area contributed by atoms with Crippen molar-refractivity contribution >= 4 is 23.6 Å². The monoisotopic (exact) mass is 414 g/mol. The summed E-state index contributed by atoms with van der Waals surface area (Å²) in [6.45, 7) is 1.59. The van der Waals surface area contributed by atoms with Crippen LogP contribution >= 0.6 is 11.8 Å². The fourth-order valence-corrected chi connectivity index (χ4v) is 3.50. The van der Waals surface area contributed by atoms with Crippen molar-refractivity contribution in [3.8, 4) is 11.5 Å². The van der Waals surface area contributed by atoms with Crippen LogP contribution in [0.2, 0.25) is 0 Å². The van der Waals surface area contributed by atoms with Crippen molar-refractivity contribution in [3.63, 3.8) is 0 Å². The first-order valence-corrected chi connectivity index (χ1v) is 11.1. The summed E-state index contributed by atoms with van der Waals surface area (Å²) in [5.74, 6) is 1.88. The summed E-state index contributed by atoms with van der Waals surface area (Å²) < 4.78 is 11.1. The predicted molar refractivity (Wildman–Crippen MR) is 115 cm³/mol. The normalized spacial score (nSPS) is 13.4. The summed E-state index contributed by atoms with van der Waals surface area (Å²) in [7, 11) is 0. The number of rotatable bonds is 9. The van der Waals surface area contributed by atoms with Crippen LogP contribution in [0, 0.1) is 0 Å². The van der Waals surface area contributed by atoms with Crippen molar-refractivity contribution in [2.45, 2.75) is 18.9 Å². The van der Waals surface area contributed by atoms with Gasteiger partial charge in [-0.05, 0) is 54.7 Å². The van der Waals surface area contributed by atoms with Crippen LogP contribution in [0.1, 0.15) is 22.3 Å². The number of carbonyl (C=O) groups excluding carboxylic acids is 2. The lowest BCUT2D eigenvalue weighted by Gasteiger charge is -2.20. The lowest BCUT2D eigenvalue weighted by molar-refractivity contribution is -0.122. The Bertz CT molecular complexity index is 829. The van der Waals surface area contributed by atoms with Crippen molar-refractivity contribution in [2.75, 3.05) is 31.8 Å². The summed E-state index contributed by atoms with van der Waals surface area (Å²) in [6, 6.07) is 14.2. The van der Waals surface area contributed by atoms with E-state index in [0.29, 0.717) is 38.2 Å². The second kappa shape index (κ2) is 10.8. The van der Waals surface area contributed by atoms with Gasteiger partial charge in [0.2, 0.25) is 5.91 Å². The Labute approximate surface area is 175 Å². The Morgan fingerprint density at radius 1 is 1.07 bits per heavy atom. The number of carbonyl (C=O) groups is 2. The number of nitrogens with one attached hydrogen (secondary N) is 2. The fraction of sp³-hybridized carbons (Fsp3) is 0.364. The van der Waals surface area contributed by atoms with E-state index < -0.39 is 6.04 Å². The van der Waals surface area contributed by atoms with Crippen LogP contribution in [-0.2, 0) is 11.2 Å². The third-order valence-corrected chi connectivity index (χ3v) is 5.23. The predicted octanol–water partition coefficient (Wildman–Crippen LogP) is 2.67.